The number of aliphatic hydroxyl groups is 1. The van der Waals surface area contributed by atoms with E-state index in [1.165, 1.54) is 12.8 Å². The van der Waals surface area contributed by atoms with Gasteiger partial charge in [-0.15, -0.1) is 0 Å². The first-order chi connectivity index (χ1) is 16.9. The highest BCUT2D eigenvalue weighted by Gasteiger charge is 2.77. The summed E-state index contributed by atoms with van der Waals surface area (Å²) in [5, 5.41) is 43.0. The summed E-state index contributed by atoms with van der Waals surface area (Å²) in [6, 6.07) is 3.47. The summed E-state index contributed by atoms with van der Waals surface area (Å²) in [6.45, 7) is 3.93. The standard InChI is InChI=1S/C23H31NO5.C2HF3O2/c1-2-11-28-23-8-7-17(26)21-22(23)9-10-24(27,13-14-3-4-14)18(23)12-15-5-6-16(25)20(29-21)19(15)22;3-2(4,5)1(6)7/h5-6,14,17-18,21,25-26H,2-4,7-13H2,1H3;(H,6,7)/t17-,18+,21-,22-,23?,24-;/m0./s1. The normalized spacial score (nSPS) is 37.9. The molecule has 3 fully saturated rings. The van der Waals surface area contributed by atoms with Crippen molar-refractivity contribution < 1.29 is 47.4 Å². The molecule has 1 spiro atoms. The number of hydroxylamine groups is 3. The van der Waals surface area contributed by atoms with Crippen molar-refractivity contribution in [3.8, 4) is 11.5 Å². The van der Waals surface area contributed by atoms with Crippen LogP contribution in [0, 0.1) is 11.1 Å². The van der Waals surface area contributed by atoms with E-state index in [-0.39, 0.29) is 16.4 Å². The van der Waals surface area contributed by atoms with Crippen LogP contribution < -0.4 is 4.74 Å². The molecule has 6 rings (SSSR count). The number of aliphatic carboxylic acids is 1. The number of phenolic OH excluding ortho intramolecular Hbond substituents is 1. The first-order valence-corrected chi connectivity index (χ1v) is 12.6. The Balaban J connectivity index is 0.000000338. The maximum atomic E-state index is 14.3. The van der Waals surface area contributed by atoms with Gasteiger partial charge in [0.2, 0.25) is 0 Å². The van der Waals surface area contributed by atoms with Crippen LogP contribution >= 0.6 is 0 Å². The number of quaternary nitrogens is 1. The van der Waals surface area contributed by atoms with Crippen molar-refractivity contribution in [2.45, 2.75) is 87.3 Å². The molecule has 1 aromatic carbocycles. The molecule has 3 aliphatic carbocycles. The number of likely N-dealkylation sites (tertiary alicyclic amines) is 1. The monoisotopic (exact) mass is 515 g/mol. The lowest BCUT2D eigenvalue weighted by atomic mass is 9.48. The molecule has 0 amide bonds. The third-order valence-electron chi connectivity index (χ3n) is 8.79. The first kappa shape index (κ1) is 25.6. The number of carboxylic acids is 1. The second kappa shape index (κ2) is 8.47. The molecular formula is C25H32F3NO7. The molecular weight excluding hydrogens is 483 g/mol. The van der Waals surface area contributed by atoms with Crippen molar-refractivity contribution in [2.75, 3.05) is 19.7 Å². The molecule has 1 aromatic rings. The van der Waals surface area contributed by atoms with E-state index in [4.69, 9.17) is 19.4 Å². The number of aromatic hydroxyl groups is 1. The maximum Gasteiger partial charge on any atom is 0.490 e. The van der Waals surface area contributed by atoms with Crippen LogP contribution in [0.3, 0.4) is 0 Å². The molecule has 36 heavy (non-hydrogen) atoms. The summed E-state index contributed by atoms with van der Waals surface area (Å²) in [5.41, 5.74) is 0.950. The number of benzene rings is 1. The minimum absolute atomic E-state index is 0.133. The van der Waals surface area contributed by atoms with Gasteiger partial charge in [0.15, 0.2) is 11.5 Å². The molecule has 11 heteroatoms. The smallest absolute Gasteiger partial charge is 0.490 e. The molecule has 3 N–H and O–H groups in total. The molecule has 8 nitrogen and oxygen atoms in total. The number of nitrogens with zero attached hydrogens (tertiary/aromatic N) is 1. The van der Waals surface area contributed by atoms with Crippen molar-refractivity contribution in [3.63, 3.8) is 0 Å². The van der Waals surface area contributed by atoms with Gasteiger partial charge in [0.1, 0.15) is 17.7 Å². The maximum absolute atomic E-state index is 14.3. The molecule has 2 aliphatic heterocycles. The lowest BCUT2D eigenvalue weighted by molar-refractivity contribution is -0.924. The van der Waals surface area contributed by atoms with E-state index < -0.39 is 35.4 Å². The SMILES string of the molecule is CCCOC12CC[C@H](O)[C@@H]3Oc4c(O)ccc5c4[C@@]31CC[N@+]([O-])(CC1CC1)[C@@H]2C5.O=C(O)C(F)(F)F. The summed E-state index contributed by atoms with van der Waals surface area (Å²) in [5.74, 6) is -1.56. The summed E-state index contributed by atoms with van der Waals surface area (Å²) < 4.78 is 44.6. The molecule has 5 aliphatic rings. The quantitative estimate of drug-likeness (QED) is 0.406. The van der Waals surface area contributed by atoms with Crippen molar-refractivity contribution >= 4 is 5.97 Å². The fraction of sp³-hybridized carbons (Fsp3) is 0.720. The van der Waals surface area contributed by atoms with E-state index >= 15 is 0 Å². The summed E-state index contributed by atoms with van der Waals surface area (Å²) in [6.07, 6.45) is -0.357. The molecule has 1 unspecified atom stereocenters. The number of rotatable bonds is 5. The number of ether oxygens (including phenoxy) is 2. The van der Waals surface area contributed by atoms with E-state index in [1.54, 1.807) is 6.07 Å². The highest BCUT2D eigenvalue weighted by molar-refractivity contribution is 5.73. The van der Waals surface area contributed by atoms with Gasteiger partial charge >= 0.3 is 12.1 Å². The van der Waals surface area contributed by atoms with Gasteiger partial charge in [-0.05, 0) is 43.7 Å². The number of piperidine rings is 1. The predicted molar refractivity (Wildman–Crippen MR) is 120 cm³/mol. The Morgan fingerprint density at radius 1 is 1.28 bits per heavy atom. The topological polar surface area (TPSA) is 119 Å². The molecule has 0 aromatic heterocycles. The Labute approximate surface area is 206 Å². The summed E-state index contributed by atoms with van der Waals surface area (Å²) in [4.78, 5) is 8.90. The fourth-order valence-electron chi connectivity index (χ4n) is 7.28. The Kier molecular flexibility index (Phi) is 6.02. The first-order valence-electron chi connectivity index (χ1n) is 12.6. The zero-order valence-corrected chi connectivity index (χ0v) is 20.1. The van der Waals surface area contributed by atoms with Crippen molar-refractivity contribution in [3.05, 3.63) is 28.5 Å². The lowest BCUT2D eigenvalue weighted by Gasteiger charge is -2.69. The average molecular weight is 516 g/mol. The van der Waals surface area contributed by atoms with Gasteiger partial charge in [-0.3, -0.25) is 0 Å². The van der Waals surface area contributed by atoms with E-state index in [9.17, 15) is 28.6 Å². The lowest BCUT2D eigenvalue weighted by Crippen LogP contribution is -2.81. The Morgan fingerprint density at radius 2 is 1.97 bits per heavy atom. The number of phenols is 1. The van der Waals surface area contributed by atoms with Crippen molar-refractivity contribution in [2.24, 2.45) is 5.92 Å². The van der Waals surface area contributed by atoms with E-state index in [0.717, 1.165) is 17.5 Å². The molecule has 1 saturated heterocycles. The Morgan fingerprint density at radius 3 is 2.58 bits per heavy atom. The van der Waals surface area contributed by atoms with Crippen LogP contribution in [0.1, 0.15) is 56.6 Å². The van der Waals surface area contributed by atoms with E-state index in [1.807, 2.05) is 6.07 Å². The predicted octanol–water partition coefficient (Wildman–Crippen LogP) is 3.40. The minimum atomic E-state index is -5.08. The molecule has 6 atom stereocenters. The number of alkyl halides is 3. The van der Waals surface area contributed by atoms with Gasteiger partial charge < -0.3 is 34.6 Å². The van der Waals surface area contributed by atoms with E-state index in [0.29, 0.717) is 57.0 Å². The number of aliphatic hydroxyl groups excluding tert-OH is 1. The van der Waals surface area contributed by atoms with Gasteiger partial charge in [-0.25, -0.2) is 4.79 Å². The van der Waals surface area contributed by atoms with Crippen LogP contribution in [0.5, 0.6) is 11.5 Å². The largest absolute Gasteiger partial charge is 0.632 e. The zero-order chi connectivity index (χ0) is 26.1. The van der Waals surface area contributed by atoms with Crippen LogP contribution in [0.15, 0.2) is 12.1 Å². The Hall–Kier alpha value is -2.08. The van der Waals surface area contributed by atoms with Gasteiger partial charge in [0.25, 0.3) is 0 Å². The molecule has 2 heterocycles. The number of carboxylic acid groups (broad SMARTS) is 1. The third kappa shape index (κ3) is 3.61. The van der Waals surface area contributed by atoms with Crippen molar-refractivity contribution in [1.29, 1.82) is 0 Å². The third-order valence-corrected chi connectivity index (χ3v) is 8.79. The van der Waals surface area contributed by atoms with Crippen molar-refractivity contribution in [1.82, 2.24) is 0 Å². The van der Waals surface area contributed by atoms with Gasteiger partial charge in [0, 0.05) is 30.9 Å². The van der Waals surface area contributed by atoms with Crippen LogP contribution in [-0.4, -0.2) is 75.7 Å². The van der Waals surface area contributed by atoms with Gasteiger partial charge in [0.05, 0.1) is 24.6 Å². The van der Waals surface area contributed by atoms with Gasteiger partial charge in [-0.2, -0.15) is 13.2 Å². The number of hydrogen-bond acceptors (Lipinski definition) is 6. The van der Waals surface area contributed by atoms with E-state index in [2.05, 4.69) is 6.92 Å². The molecule has 2 bridgehead atoms. The second-order valence-corrected chi connectivity index (χ2v) is 10.9. The average Bonchev–Trinajstić information content (AvgIpc) is 3.54. The van der Waals surface area contributed by atoms with Gasteiger partial charge in [-0.1, -0.05) is 13.0 Å². The summed E-state index contributed by atoms with van der Waals surface area (Å²) in [7, 11) is 0. The number of hydrogen-bond donors (Lipinski definition) is 3. The second-order valence-electron chi connectivity index (χ2n) is 10.9. The highest BCUT2D eigenvalue weighted by Crippen LogP contribution is 2.67. The molecule has 200 valence electrons. The Bertz CT molecular complexity index is 1040. The zero-order valence-electron chi connectivity index (χ0n) is 20.1. The van der Waals surface area contributed by atoms with Crippen LogP contribution in [0.2, 0.25) is 0 Å². The minimum Gasteiger partial charge on any atom is -0.632 e. The van der Waals surface area contributed by atoms with Crippen LogP contribution in [-0.2, 0) is 21.4 Å². The molecule has 0 radical (unpaired) electrons. The number of carbonyl (C=O) groups is 1. The van der Waals surface area contributed by atoms with Crippen LogP contribution in [0.4, 0.5) is 13.2 Å². The fourth-order valence-corrected chi connectivity index (χ4v) is 7.28. The highest BCUT2D eigenvalue weighted by atomic mass is 19.4. The summed E-state index contributed by atoms with van der Waals surface area (Å²) >= 11 is 0. The number of halogens is 3. The van der Waals surface area contributed by atoms with Crippen LogP contribution in [0.25, 0.3) is 0 Å². The molecule has 2 saturated carbocycles.